The minimum absolute atomic E-state index is 0.174. The molecule has 1 aliphatic rings. The summed E-state index contributed by atoms with van der Waals surface area (Å²) in [6.07, 6.45) is 8.87. The van der Waals surface area contributed by atoms with Gasteiger partial charge in [0.25, 0.3) is 0 Å². The summed E-state index contributed by atoms with van der Waals surface area (Å²) in [5.74, 6) is 0.667. The number of sulfone groups is 1. The van der Waals surface area contributed by atoms with Crippen LogP contribution in [-0.2, 0) is 20.6 Å². The third-order valence-corrected chi connectivity index (χ3v) is 9.56. The average molecular weight is 544 g/mol. The quantitative estimate of drug-likeness (QED) is 0.318. The Morgan fingerprint density at radius 1 is 0.973 bits per heavy atom. The van der Waals surface area contributed by atoms with Gasteiger partial charge in [-0.2, -0.15) is 0 Å². The highest BCUT2D eigenvalue weighted by atomic mass is 32.2. The molecule has 9 heteroatoms. The Labute approximate surface area is 223 Å². The lowest BCUT2D eigenvalue weighted by Gasteiger charge is -2.35. The van der Waals surface area contributed by atoms with E-state index in [1.807, 2.05) is 12.1 Å². The first-order valence-corrected chi connectivity index (χ1v) is 16.0. The number of aromatic nitrogens is 1. The van der Waals surface area contributed by atoms with Gasteiger partial charge in [-0.1, -0.05) is 32.6 Å². The van der Waals surface area contributed by atoms with E-state index in [0.29, 0.717) is 46.9 Å². The Kier molecular flexibility index (Phi) is 9.21. The van der Waals surface area contributed by atoms with E-state index in [2.05, 4.69) is 28.8 Å². The zero-order chi connectivity index (χ0) is 26.4. The highest BCUT2D eigenvalue weighted by Crippen LogP contribution is 2.37. The van der Waals surface area contributed by atoms with E-state index in [9.17, 15) is 12.6 Å². The van der Waals surface area contributed by atoms with Crippen LogP contribution in [0.2, 0.25) is 0 Å². The van der Waals surface area contributed by atoms with Crippen molar-refractivity contribution in [2.75, 3.05) is 51.0 Å². The lowest BCUT2D eigenvalue weighted by atomic mass is 10.1. The van der Waals surface area contributed by atoms with Crippen LogP contribution in [0.25, 0.3) is 10.9 Å². The summed E-state index contributed by atoms with van der Waals surface area (Å²) in [7, 11) is -2.99. The average Bonchev–Trinajstić information content (AvgIpc) is 2.90. The minimum Gasteiger partial charge on any atom is -0.494 e. The monoisotopic (exact) mass is 543 g/mol. The third-order valence-electron chi connectivity index (χ3n) is 6.87. The molecule has 2 heterocycles. The molecule has 1 aliphatic heterocycles. The van der Waals surface area contributed by atoms with Gasteiger partial charge in [-0.05, 0) is 55.9 Å². The van der Waals surface area contributed by atoms with Gasteiger partial charge in [0, 0.05) is 59.7 Å². The van der Waals surface area contributed by atoms with Crippen LogP contribution in [0.15, 0.2) is 63.3 Å². The molecular weight excluding hydrogens is 506 g/mol. The highest BCUT2D eigenvalue weighted by Gasteiger charge is 2.28. The number of piperazine rings is 1. The van der Waals surface area contributed by atoms with E-state index in [1.54, 1.807) is 36.6 Å². The molecular formula is C28H37N3O4S2. The second-order valence-electron chi connectivity index (χ2n) is 9.63. The summed E-state index contributed by atoms with van der Waals surface area (Å²) in [5, 5.41) is 0.710. The van der Waals surface area contributed by atoms with Crippen LogP contribution in [0.3, 0.4) is 0 Å². The van der Waals surface area contributed by atoms with Gasteiger partial charge in [0.15, 0.2) is 0 Å². The molecule has 200 valence electrons. The summed E-state index contributed by atoms with van der Waals surface area (Å²) in [5.41, 5.74) is 1.32. The minimum atomic E-state index is -3.86. The Morgan fingerprint density at radius 2 is 1.68 bits per heavy atom. The Balaban J connectivity index is 1.66. The number of fused-ring (bicyclic) bond motifs is 1. The molecule has 4 rings (SSSR count). The second-order valence-corrected chi connectivity index (χ2v) is 12.9. The van der Waals surface area contributed by atoms with Gasteiger partial charge in [0.05, 0.1) is 22.7 Å². The normalized spacial score (nSPS) is 15.7. The summed E-state index contributed by atoms with van der Waals surface area (Å²) in [6.45, 7) is 5.86. The lowest BCUT2D eigenvalue weighted by molar-refractivity contribution is 0.304. The second kappa shape index (κ2) is 12.4. The predicted molar refractivity (Wildman–Crippen MR) is 150 cm³/mol. The zero-order valence-electron chi connectivity index (χ0n) is 22.0. The van der Waals surface area contributed by atoms with Crippen LogP contribution in [0.5, 0.6) is 5.75 Å². The van der Waals surface area contributed by atoms with Gasteiger partial charge in [0.1, 0.15) is 10.6 Å². The van der Waals surface area contributed by atoms with Crippen LogP contribution in [-0.4, -0.2) is 68.6 Å². The molecule has 1 fully saturated rings. The zero-order valence-corrected chi connectivity index (χ0v) is 23.6. The molecule has 0 aliphatic carbocycles. The summed E-state index contributed by atoms with van der Waals surface area (Å²) in [4.78, 5) is 9.86. The van der Waals surface area contributed by atoms with Gasteiger partial charge >= 0.3 is 0 Å². The Bertz CT molecular complexity index is 1340. The number of ether oxygens (including phenoxy) is 1. The molecule has 1 aromatic heterocycles. The smallest absolute Gasteiger partial charge is 0.210 e. The number of hydrogen-bond acceptors (Lipinski definition) is 7. The van der Waals surface area contributed by atoms with Crippen molar-refractivity contribution in [1.82, 2.24) is 9.88 Å². The molecule has 3 aromatic rings. The van der Waals surface area contributed by atoms with Gasteiger partial charge < -0.3 is 14.5 Å². The number of rotatable bonds is 11. The molecule has 1 unspecified atom stereocenters. The van der Waals surface area contributed by atoms with E-state index >= 15 is 0 Å². The molecule has 1 saturated heterocycles. The predicted octanol–water partition coefficient (Wildman–Crippen LogP) is 4.91. The fraction of sp³-hybridized carbons (Fsp3) is 0.464. The Hall–Kier alpha value is -2.49. The van der Waals surface area contributed by atoms with Gasteiger partial charge in [-0.3, -0.25) is 9.19 Å². The van der Waals surface area contributed by atoms with Gasteiger partial charge in [-0.15, -0.1) is 0 Å². The number of nitrogens with zero attached hydrogens (tertiary/aromatic N) is 3. The third kappa shape index (κ3) is 6.51. The largest absolute Gasteiger partial charge is 0.494 e. The van der Waals surface area contributed by atoms with Crippen molar-refractivity contribution < 1.29 is 17.4 Å². The first kappa shape index (κ1) is 27.5. The maximum absolute atomic E-state index is 13.9. The molecule has 0 spiro atoms. The number of likely N-dealkylation sites (N-methyl/N-ethyl adjacent to an activating group) is 1. The SMILES string of the molecule is CCCCCCCOc1ccc(S(=O)(=O)c2cnc3ccc(S(C)=O)cc3c2N2CCN(C)CC2)cc1. The molecule has 0 bridgehead atoms. The molecule has 37 heavy (non-hydrogen) atoms. The highest BCUT2D eigenvalue weighted by molar-refractivity contribution is 7.91. The van der Waals surface area contributed by atoms with Crippen LogP contribution in [0.1, 0.15) is 39.0 Å². The molecule has 0 amide bonds. The maximum atomic E-state index is 13.9. The number of pyridine rings is 1. The summed E-state index contributed by atoms with van der Waals surface area (Å²) >= 11 is 0. The van der Waals surface area contributed by atoms with Crippen molar-refractivity contribution in [1.29, 1.82) is 0 Å². The summed E-state index contributed by atoms with van der Waals surface area (Å²) in [6, 6.07) is 12.1. The van der Waals surface area contributed by atoms with Gasteiger partial charge in [0.2, 0.25) is 9.84 Å². The van der Waals surface area contributed by atoms with Crippen LogP contribution < -0.4 is 9.64 Å². The van der Waals surface area contributed by atoms with Crippen molar-refractivity contribution >= 4 is 37.2 Å². The molecule has 0 saturated carbocycles. The van der Waals surface area contributed by atoms with Crippen LogP contribution in [0.4, 0.5) is 5.69 Å². The maximum Gasteiger partial charge on any atom is 0.210 e. The van der Waals surface area contributed by atoms with E-state index in [0.717, 1.165) is 25.9 Å². The molecule has 2 aromatic carbocycles. The van der Waals surface area contributed by atoms with E-state index in [4.69, 9.17) is 4.74 Å². The van der Waals surface area contributed by atoms with Crippen molar-refractivity contribution in [2.45, 2.75) is 53.7 Å². The van der Waals surface area contributed by atoms with Crippen molar-refractivity contribution in [3.05, 3.63) is 48.7 Å². The van der Waals surface area contributed by atoms with Crippen molar-refractivity contribution in [3.63, 3.8) is 0 Å². The molecule has 0 N–H and O–H groups in total. The number of unbranched alkanes of at least 4 members (excludes halogenated alkanes) is 4. The van der Waals surface area contributed by atoms with E-state index in [1.165, 1.54) is 25.5 Å². The number of anilines is 1. The lowest BCUT2D eigenvalue weighted by Crippen LogP contribution is -2.45. The molecule has 0 radical (unpaired) electrons. The van der Waals surface area contributed by atoms with Crippen LogP contribution in [0, 0.1) is 0 Å². The van der Waals surface area contributed by atoms with Crippen LogP contribution >= 0.6 is 0 Å². The number of benzene rings is 2. The molecule has 7 nitrogen and oxygen atoms in total. The summed E-state index contributed by atoms with van der Waals surface area (Å²) < 4.78 is 45.9. The van der Waals surface area contributed by atoms with Gasteiger partial charge in [-0.25, -0.2) is 8.42 Å². The fourth-order valence-corrected chi connectivity index (χ4v) is 6.59. The van der Waals surface area contributed by atoms with Crippen molar-refractivity contribution in [3.8, 4) is 5.75 Å². The Morgan fingerprint density at radius 3 is 2.35 bits per heavy atom. The van der Waals surface area contributed by atoms with Crippen molar-refractivity contribution in [2.24, 2.45) is 0 Å². The fourth-order valence-electron chi connectivity index (χ4n) is 4.61. The first-order chi connectivity index (χ1) is 17.8. The van der Waals surface area contributed by atoms with E-state index in [-0.39, 0.29) is 9.79 Å². The topological polar surface area (TPSA) is 79.8 Å². The first-order valence-electron chi connectivity index (χ1n) is 13.0. The van der Waals surface area contributed by atoms with E-state index < -0.39 is 20.6 Å². The number of hydrogen-bond donors (Lipinski definition) is 0. The molecule has 1 atom stereocenters. The standard InChI is InChI=1S/C28H37N3O4S2/c1-4-5-6-7-8-19-35-22-9-12-24(13-10-22)37(33,34)27-21-29-26-14-11-23(36(3)32)20-25(26)28(27)31-17-15-30(2)16-18-31/h9-14,20-21H,4-8,15-19H2,1-3H3.